The summed E-state index contributed by atoms with van der Waals surface area (Å²) >= 11 is 5.60. The number of anilines is 2. The molecule has 4 heteroatoms. The molecule has 0 aliphatic rings. The molecule has 0 spiro atoms. The Labute approximate surface area is 163 Å². The zero-order valence-electron chi connectivity index (χ0n) is 16.7. The highest BCUT2D eigenvalue weighted by Gasteiger charge is 2.17. The summed E-state index contributed by atoms with van der Waals surface area (Å²) in [6.45, 7) is 10.9. The second-order valence-corrected chi connectivity index (χ2v) is 7.81. The SMILES string of the molecule is CCc1cccc(CC)c1NC(=S)Nc1cc(C(C)(C)C)ccc1OC. The fraction of sp³-hybridized carbons (Fsp3) is 0.409. The lowest BCUT2D eigenvalue weighted by Crippen LogP contribution is -2.22. The van der Waals surface area contributed by atoms with Crippen molar-refractivity contribution in [3.8, 4) is 5.75 Å². The minimum Gasteiger partial charge on any atom is -0.495 e. The Hall–Kier alpha value is -2.07. The molecule has 2 rings (SSSR count). The Morgan fingerprint density at radius 3 is 2.12 bits per heavy atom. The van der Waals surface area contributed by atoms with E-state index in [4.69, 9.17) is 17.0 Å². The first-order valence-electron chi connectivity index (χ1n) is 9.17. The van der Waals surface area contributed by atoms with Gasteiger partial charge >= 0.3 is 0 Å². The fourth-order valence-corrected chi connectivity index (χ4v) is 3.15. The van der Waals surface area contributed by atoms with Gasteiger partial charge < -0.3 is 15.4 Å². The van der Waals surface area contributed by atoms with Gasteiger partial charge in [0, 0.05) is 5.69 Å². The van der Waals surface area contributed by atoms with Crippen LogP contribution in [0.4, 0.5) is 11.4 Å². The van der Waals surface area contributed by atoms with E-state index in [9.17, 15) is 0 Å². The first-order chi connectivity index (χ1) is 12.3. The summed E-state index contributed by atoms with van der Waals surface area (Å²) in [7, 11) is 1.68. The van der Waals surface area contributed by atoms with Gasteiger partial charge in [-0.2, -0.15) is 0 Å². The molecule has 0 aliphatic heterocycles. The molecule has 140 valence electrons. The molecule has 0 saturated heterocycles. The maximum atomic E-state index is 5.60. The van der Waals surface area contributed by atoms with E-state index in [1.807, 2.05) is 6.07 Å². The van der Waals surface area contributed by atoms with Crippen molar-refractivity contribution in [3.05, 3.63) is 53.1 Å². The lowest BCUT2D eigenvalue weighted by molar-refractivity contribution is 0.416. The molecule has 0 heterocycles. The number of aryl methyl sites for hydroxylation is 2. The monoisotopic (exact) mass is 370 g/mol. The molecule has 0 saturated carbocycles. The van der Waals surface area contributed by atoms with Crippen molar-refractivity contribution in [2.75, 3.05) is 17.7 Å². The Morgan fingerprint density at radius 1 is 1.00 bits per heavy atom. The third-order valence-electron chi connectivity index (χ3n) is 4.55. The molecule has 0 aliphatic carbocycles. The van der Waals surface area contributed by atoms with Crippen molar-refractivity contribution in [1.82, 2.24) is 0 Å². The molecular formula is C22H30N2OS. The average Bonchev–Trinajstić information content (AvgIpc) is 2.61. The normalized spacial score (nSPS) is 11.2. The second-order valence-electron chi connectivity index (χ2n) is 7.40. The van der Waals surface area contributed by atoms with Gasteiger partial charge in [-0.15, -0.1) is 0 Å². The zero-order valence-corrected chi connectivity index (χ0v) is 17.5. The van der Waals surface area contributed by atoms with Gasteiger partial charge in [0.1, 0.15) is 5.75 Å². The summed E-state index contributed by atoms with van der Waals surface area (Å²) in [6, 6.07) is 12.6. The van der Waals surface area contributed by atoms with E-state index in [1.54, 1.807) is 7.11 Å². The van der Waals surface area contributed by atoms with Crippen LogP contribution < -0.4 is 15.4 Å². The van der Waals surface area contributed by atoms with Crippen molar-refractivity contribution in [2.45, 2.75) is 52.9 Å². The number of hydrogen-bond acceptors (Lipinski definition) is 2. The highest BCUT2D eigenvalue weighted by molar-refractivity contribution is 7.80. The van der Waals surface area contributed by atoms with E-state index in [0.717, 1.165) is 30.0 Å². The summed E-state index contributed by atoms with van der Waals surface area (Å²) in [4.78, 5) is 0. The van der Waals surface area contributed by atoms with E-state index < -0.39 is 0 Å². The first-order valence-corrected chi connectivity index (χ1v) is 9.58. The number of thiocarbonyl (C=S) groups is 1. The molecule has 2 aromatic rings. The Morgan fingerprint density at radius 2 is 1.62 bits per heavy atom. The molecule has 2 aromatic carbocycles. The molecule has 2 N–H and O–H groups in total. The fourth-order valence-electron chi connectivity index (χ4n) is 2.94. The number of benzene rings is 2. The summed E-state index contributed by atoms with van der Waals surface area (Å²) in [5, 5.41) is 7.30. The smallest absolute Gasteiger partial charge is 0.175 e. The van der Waals surface area contributed by atoms with Gasteiger partial charge in [-0.1, -0.05) is 58.9 Å². The van der Waals surface area contributed by atoms with Gasteiger partial charge in [0.15, 0.2) is 5.11 Å². The van der Waals surface area contributed by atoms with Gasteiger partial charge in [0.2, 0.25) is 0 Å². The van der Waals surface area contributed by atoms with E-state index in [-0.39, 0.29) is 5.41 Å². The van der Waals surface area contributed by atoms with Crippen LogP contribution in [0, 0.1) is 0 Å². The van der Waals surface area contributed by atoms with Crippen molar-refractivity contribution in [3.63, 3.8) is 0 Å². The van der Waals surface area contributed by atoms with Gasteiger partial charge in [-0.05, 0) is 59.3 Å². The van der Waals surface area contributed by atoms with Crippen LogP contribution in [0.15, 0.2) is 36.4 Å². The van der Waals surface area contributed by atoms with E-state index in [1.165, 1.54) is 16.7 Å². The number of rotatable bonds is 5. The third kappa shape index (κ3) is 4.76. The number of ether oxygens (including phenoxy) is 1. The molecule has 0 unspecified atom stereocenters. The van der Waals surface area contributed by atoms with Crippen LogP contribution in [0.25, 0.3) is 0 Å². The molecule has 0 amide bonds. The maximum Gasteiger partial charge on any atom is 0.175 e. The number of nitrogens with one attached hydrogen (secondary N) is 2. The van der Waals surface area contributed by atoms with Gasteiger partial charge in [-0.3, -0.25) is 0 Å². The average molecular weight is 371 g/mol. The van der Waals surface area contributed by atoms with Crippen LogP contribution in [0.1, 0.15) is 51.3 Å². The summed E-state index contributed by atoms with van der Waals surface area (Å²) < 4.78 is 5.50. The van der Waals surface area contributed by atoms with Crippen molar-refractivity contribution < 1.29 is 4.74 Å². The third-order valence-corrected chi connectivity index (χ3v) is 4.76. The predicted octanol–water partition coefficient (Wildman–Crippen LogP) is 5.93. The lowest BCUT2D eigenvalue weighted by Gasteiger charge is -2.22. The van der Waals surface area contributed by atoms with E-state index in [2.05, 4.69) is 75.6 Å². The lowest BCUT2D eigenvalue weighted by atomic mass is 9.87. The number of hydrogen-bond donors (Lipinski definition) is 2. The largest absolute Gasteiger partial charge is 0.495 e. The van der Waals surface area contributed by atoms with Gasteiger partial charge in [-0.25, -0.2) is 0 Å². The minimum absolute atomic E-state index is 0.0575. The van der Waals surface area contributed by atoms with Crippen LogP contribution in [0.5, 0.6) is 5.75 Å². The zero-order chi connectivity index (χ0) is 19.3. The molecule has 0 radical (unpaired) electrons. The summed E-state index contributed by atoms with van der Waals surface area (Å²) in [5.41, 5.74) is 5.81. The summed E-state index contributed by atoms with van der Waals surface area (Å²) in [5.74, 6) is 0.779. The minimum atomic E-state index is 0.0575. The van der Waals surface area contributed by atoms with Gasteiger partial charge in [0.25, 0.3) is 0 Å². The van der Waals surface area contributed by atoms with Crippen molar-refractivity contribution in [1.29, 1.82) is 0 Å². The number of para-hydroxylation sites is 1. The van der Waals surface area contributed by atoms with Crippen LogP contribution in [0.3, 0.4) is 0 Å². The van der Waals surface area contributed by atoms with Crippen molar-refractivity contribution in [2.24, 2.45) is 0 Å². The molecule has 0 atom stereocenters. The molecule has 0 aromatic heterocycles. The molecule has 0 fully saturated rings. The second kappa shape index (κ2) is 8.54. The van der Waals surface area contributed by atoms with Crippen molar-refractivity contribution >= 4 is 28.7 Å². The van der Waals surface area contributed by atoms with Crippen LogP contribution in [0.2, 0.25) is 0 Å². The number of methoxy groups -OCH3 is 1. The topological polar surface area (TPSA) is 33.3 Å². The first kappa shape index (κ1) is 20.2. The highest BCUT2D eigenvalue weighted by atomic mass is 32.1. The molecule has 0 bridgehead atoms. The van der Waals surface area contributed by atoms with Gasteiger partial charge in [0.05, 0.1) is 12.8 Å². The van der Waals surface area contributed by atoms with Crippen LogP contribution >= 0.6 is 12.2 Å². The predicted molar refractivity (Wildman–Crippen MR) is 117 cm³/mol. The Bertz CT molecular complexity index is 756. The summed E-state index contributed by atoms with van der Waals surface area (Å²) in [6.07, 6.45) is 1.92. The Balaban J connectivity index is 2.28. The molecule has 3 nitrogen and oxygen atoms in total. The maximum absolute atomic E-state index is 5.60. The van der Waals surface area contributed by atoms with Crippen LogP contribution in [-0.4, -0.2) is 12.2 Å². The van der Waals surface area contributed by atoms with E-state index in [0.29, 0.717) is 5.11 Å². The quantitative estimate of drug-likeness (QED) is 0.639. The van der Waals surface area contributed by atoms with Crippen LogP contribution in [-0.2, 0) is 18.3 Å². The molecule has 26 heavy (non-hydrogen) atoms. The van der Waals surface area contributed by atoms with E-state index >= 15 is 0 Å². The standard InChI is InChI=1S/C22H30N2OS/c1-7-15-10-9-11-16(8-2)20(15)24-21(26)23-18-14-17(22(3,4)5)12-13-19(18)25-6/h9-14H,7-8H2,1-6H3,(H2,23,24,26). The Kier molecular flexibility index (Phi) is 6.65. The molecular weight excluding hydrogens is 340 g/mol. The highest BCUT2D eigenvalue weighted by Crippen LogP contribution is 2.32.